The van der Waals surface area contributed by atoms with Crippen molar-refractivity contribution in [3.63, 3.8) is 0 Å². The van der Waals surface area contributed by atoms with Gasteiger partial charge in [-0.3, -0.25) is 14.6 Å². The van der Waals surface area contributed by atoms with Crippen LogP contribution in [0.5, 0.6) is 5.75 Å². The number of hydrogen-bond acceptors (Lipinski definition) is 8. The highest BCUT2D eigenvalue weighted by atomic mass is 32.1. The molecule has 33 heavy (non-hydrogen) atoms. The molecule has 10 heteroatoms. The Balaban J connectivity index is 1.38. The van der Waals surface area contributed by atoms with Crippen LogP contribution in [-0.2, 0) is 16.1 Å². The fourth-order valence-electron chi connectivity index (χ4n) is 3.99. The second-order valence-electron chi connectivity index (χ2n) is 7.92. The van der Waals surface area contributed by atoms with Gasteiger partial charge in [0.15, 0.2) is 5.13 Å². The van der Waals surface area contributed by atoms with Crippen LogP contribution in [-0.4, -0.2) is 77.3 Å². The molecule has 2 aromatic carbocycles. The topological polar surface area (TPSA) is 85.6 Å². The molecule has 5 rings (SSSR count). The van der Waals surface area contributed by atoms with Crippen molar-refractivity contribution in [1.29, 1.82) is 0 Å². The van der Waals surface area contributed by atoms with Gasteiger partial charge in [0.2, 0.25) is 0 Å². The van der Waals surface area contributed by atoms with Crippen LogP contribution < -0.4 is 9.64 Å². The summed E-state index contributed by atoms with van der Waals surface area (Å²) in [6, 6.07) is 13.4. The van der Waals surface area contributed by atoms with Crippen LogP contribution in [0.15, 0.2) is 42.5 Å². The number of morpholine rings is 1. The Morgan fingerprint density at radius 1 is 1.18 bits per heavy atom. The van der Waals surface area contributed by atoms with Gasteiger partial charge in [-0.1, -0.05) is 28.7 Å². The number of aromatic nitrogens is 4. The van der Waals surface area contributed by atoms with Crippen molar-refractivity contribution in [2.45, 2.75) is 13.0 Å². The van der Waals surface area contributed by atoms with E-state index in [2.05, 4.69) is 15.2 Å². The van der Waals surface area contributed by atoms with Crippen LogP contribution in [0.2, 0.25) is 0 Å². The quantitative estimate of drug-likeness (QED) is 0.395. The first kappa shape index (κ1) is 21.7. The molecule has 3 heterocycles. The minimum atomic E-state index is -0.0568. The molecule has 9 nitrogen and oxygen atoms in total. The van der Waals surface area contributed by atoms with Gasteiger partial charge in [-0.15, -0.1) is 5.10 Å². The van der Waals surface area contributed by atoms with E-state index in [9.17, 15) is 4.79 Å². The smallest absolute Gasteiger partial charge is 0.250 e. The Bertz CT molecular complexity index is 1250. The maximum Gasteiger partial charge on any atom is 0.250 e. The van der Waals surface area contributed by atoms with E-state index in [-0.39, 0.29) is 12.5 Å². The summed E-state index contributed by atoms with van der Waals surface area (Å²) in [6.07, 6.45) is 0.850. The summed E-state index contributed by atoms with van der Waals surface area (Å²) in [5.74, 6) is 0.718. The fourth-order valence-corrected chi connectivity index (χ4v) is 5.02. The van der Waals surface area contributed by atoms with Crippen molar-refractivity contribution >= 4 is 43.6 Å². The lowest BCUT2D eigenvalue weighted by molar-refractivity contribution is -0.119. The molecule has 0 saturated carbocycles. The zero-order valence-corrected chi connectivity index (χ0v) is 19.3. The first-order valence-corrected chi connectivity index (χ1v) is 11.9. The van der Waals surface area contributed by atoms with Crippen LogP contribution in [0, 0.1) is 0 Å². The minimum absolute atomic E-state index is 0.0568. The zero-order chi connectivity index (χ0) is 22.6. The third kappa shape index (κ3) is 4.82. The van der Waals surface area contributed by atoms with Crippen LogP contribution >= 0.6 is 11.3 Å². The predicted molar refractivity (Wildman–Crippen MR) is 128 cm³/mol. The van der Waals surface area contributed by atoms with Gasteiger partial charge in [0, 0.05) is 26.2 Å². The fraction of sp³-hybridized carbons (Fsp3) is 0.391. The van der Waals surface area contributed by atoms with Crippen LogP contribution in [0.3, 0.4) is 0 Å². The van der Waals surface area contributed by atoms with E-state index in [4.69, 9.17) is 14.5 Å². The Kier molecular flexibility index (Phi) is 6.47. The molecule has 0 radical (unpaired) electrons. The van der Waals surface area contributed by atoms with Gasteiger partial charge in [0.1, 0.15) is 17.8 Å². The largest absolute Gasteiger partial charge is 0.497 e. The number of anilines is 1. The van der Waals surface area contributed by atoms with E-state index in [1.165, 1.54) is 11.3 Å². The lowest BCUT2D eigenvalue weighted by Gasteiger charge is -2.27. The molecule has 1 aliphatic heterocycles. The number of carbonyl (C=O) groups excluding carboxylic acids is 1. The summed E-state index contributed by atoms with van der Waals surface area (Å²) in [5, 5.41) is 9.06. The van der Waals surface area contributed by atoms with E-state index >= 15 is 0 Å². The average molecular weight is 467 g/mol. The number of fused-ring (bicyclic) bond motifs is 2. The second-order valence-corrected chi connectivity index (χ2v) is 8.93. The molecular formula is C23H26N6O3S. The summed E-state index contributed by atoms with van der Waals surface area (Å²) in [6.45, 7) is 5.00. The third-order valence-corrected chi connectivity index (χ3v) is 6.82. The van der Waals surface area contributed by atoms with Gasteiger partial charge in [0.05, 0.1) is 36.1 Å². The number of para-hydroxylation sites is 1. The number of hydrogen-bond donors (Lipinski definition) is 0. The monoisotopic (exact) mass is 466 g/mol. The van der Waals surface area contributed by atoms with Crippen LogP contribution in [0.4, 0.5) is 5.13 Å². The Morgan fingerprint density at radius 3 is 2.88 bits per heavy atom. The first-order valence-electron chi connectivity index (χ1n) is 11.0. The van der Waals surface area contributed by atoms with E-state index in [1.54, 1.807) is 16.7 Å². The molecule has 0 N–H and O–H groups in total. The number of amides is 1. The molecule has 4 aromatic rings. The highest BCUT2D eigenvalue weighted by molar-refractivity contribution is 7.22. The van der Waals surface area contributed by atoms with Gasteiger partial charge in [-0.2, -0.15) is 0 Å². The molecular weight excluding hydrogens is 440 g/mol. The van der Waals surface area contributed by atoms with Gasteiger partial charge in [-0.25, -0.2) is 9.67 Å². The van der Waals surface area contributed by atoms with Crippen molar-refractivity contribution in [3.05, 3.63) is 42.5 Å². The molecule has 0 bridgehead atoms. The molecule has 1 fully saturated rings. The lowest BCUT2D eigenvalue weighted by atomic mass is 10.3. The van der Waals surface area contributed by atoms with Crippen molar-refractivity contribution in [3.8, 4) is 5.75 Å². The molecule has 1 aliphatic rings. The van der Waals surface area contributed by atoms with Crippen molar-refractivity contribution in [2.24, 2.45) is 0 Å². The maximum absolute atomic E-state index is 13.5. The normalized spacial score (nSPS) is 14.7. The Morgan fingerprint density at radius 2 is 2.03 bits per heavy atom. The summed E-state index contributed by atoms with van der Waals surface area (Å²) in [4.78, 5) is 22.4. The SMILES string of the molecule is COc1ccc2nc(N(CCCN3CCOCC3)C(=O)Cn3nnc4ccccc43)sc2c1. The summed E-state index contributed by atoms with van der Waals surface area (Å²) in [7, 11) is 1.65. The number of carbonyl (C=O) groups is 1. The molecule has 0 aliphatic carbocycles. The van der Waals surface area contributed by atoms with Gasteiger partial charge in [0.25, 0.3) is 5.91 Å². The summed E-state index contributed by atoms with van der Waals surface area (Å²) < 4.78 is 13.4. The second kappa shape index (κ2) is 9.82. The zero-order valence-electron chi connectivity index (χ0n) is 18.5. The first-order chi connectivity index (χ1) is 16.2. The Labute approximate surface area is 195 Å². The summed E-state index contributed by atoms with van der Waals surface area (Å²) >= 11 is 1.50. The van der Waals surface area contributed by atoms with Gasteiger partial charge >= 0.3 is 0 Å². The molecule has 0 spiro atoms. The van der Waals surface area contributed by atoms with E-state index < -0.39 is 0 Å². The Hall–Kier alpha value is -3.08. The highest BCUT2D eigenvalue weighted by Gasteiger charge is 2.22. The third-order valence-electron chi connectivity index (χ3n) is 5.78. The minimum Gasteiger partial charge on any atom is -0.497 e. The van der Waals surface area contributed by atoms with Crippen molar-refractivity contribution < 1.29 is 14.3 Å². The van der Waals surface area contributed by atoms with E-state index in [1.807, 2.05) is 42.5 Å². The van der Waals surface area contributed by atoms with Crippen molar-refractivity contribution in [2.75, 3.05) is 51.4 Å². The number of benzene rings is 2. The number of methoxy groups -OCH3 is 1. The molecule has 0 unspecified atom stereocenters. The van der Waals surface area contributed by atoms with Crippen LogP contribution in [0.25, 0.3) is 21.3 Å². The number of ether oxygens (including phenoxy) is 2. The van der Waals surface area contributed by atoms with E-state index in [0.717, 1.165) is 66.3 Å². The highest BCUT2D eigenvalue weighted by Crippen LogP contribution is 2.32. The molecule has 1 amide bonds. The lowest BCUT2D eigenvalue weighted by Crippen LogP contribution is -2.40. The molecule has 1 saturated heterocycles. The molecule has 2 aromatic heterocycles. The number of rotatable bonds is 8. The maximum atomic E-state index is 13.5. The van der Waals surface area contributed by atoms with E-state index in [0.29, 0.717) is 11.7 Å². The average Bonchev–Trinajstić information content (AvgIpc) is 3.46. The summed E-state index contributed by atoms with van der Waals surface area (Å²) in [5.41, 5.74) is 2.47. The molecule has 0 atom stereocenters. The number of nitrogens with zero attached hydrogens (tertiary/aromatic N) is 6. The standard InChI is InChI=1S/C23H26N6O3S/c1-31-17-7-8-19-21(15-17)33-23(24-19)28(10-4-9-27-11-13-32-14-12-27)22(30)16-29-20-6-3-2-5-18(20)25-26-29/h2-3,5-8,15H,4,9-14,16H2,1H3. The van der Waals surface area contributed by atoms with Gasteiger partial charge < -0.3 is 9.47 Å². The van der Waals surface area contributed by atoms with Gasteiger partial charge in [-0.05, 0) is 36.8 Å². The van der Waals surface area contributed by atoms with Crippen molar-refractivity contribution in [1.82, 2.24) is 24.9 Å². The van der Waals surface area contributed by atoms with Crippen LogP contribution in [0.1, 0.15) is 6.42 Å². The molecule has 172 valence electrons. The number of thiazole rings is 1. The predicted octanol–water partition coefficient (Wildman–Crippen LogP) is 2.81.